The highest BCUT2D eigenvalue weighted by Crippen LogP contribution is 2.46. The zero-order chi connectivity index (χ0) is 13.6. The molecule has 2 rings (SSSR count). The number of aliphatic hydroxyl groups is 1. The number of aliphatic carboxylic acids is 1. The van der Waals surface area contributed by atoms with Gasteiger partial charge in [0.25, 0.3) is 0 Å². The standard InChI is InChI=1S/C13H15FO4/c1-12(2)7-13(17,10(14)11(15)16)8-5-3-4-6-9(8)18-12/h3-6,10,17H,7H2,1-2H3,(H,15,16). The average molecular weight is 254 g/mol. The fourth-order valence-electron chi connectivity index (χ4n) is 2.42. The van der Waals surface area contributed by atoms with Crippen LogP contribution in [0.1, 0.15) is 25.8 Å². The molecule has 98 valence electrons. The highest BCUT2D eigenvalue weighted by Gasteiger charge is 2.52. The molecule has 0 aliphatic carbocycles. The summed E-state index contributed by atoms with van der Waals surface area (Å²) in [6.07, 6.45) is -2.51. The third-order valence-electron chi connectivity index (χ3n) is 3.07. The molecule has 0 radical (unpaired) electrons. The van der Waals surface area contributed by atoms with Gasteiger partial charge in [-0.3, -0.25) is 0 Å². The van der Waals surface area contributed by atoms with Crippen LogP contribution in [-0.2, 0) is 10.4 Å². The van der Waals surface area contributed by atoms with Gasteiger partial charge in [0, 0.05) is 12.0 Å². The molecule has 5 heteroatoms. The van der Waals surface area contributed by atoms with Gasteiger partial charge < -0.3 is 14.9 Å². The summed E-state index contributed by atoms with van der Waals surface area (Å²) in [6.45, 7) is 3.37. The normalized spacial score (nSPS) is 26.9. The van der Waals surface area contributed by atoms with Crippen LogP contribution in [0.2, 0.25) is 0 Å². The lowest BCUT2D eigenvalue weighted by Crippen LogP contribution is -2.51. The first-order valence-electron chi connectivity index (χ1n) is 5.64. The first-order valence-corrected chi connectivity index (χ1v) is 5.64. The predicted molar refractivity (Wildman–Crippen MR) is 62.2 cm³/mol. The van der Waals surface area contributed by atoms with Gasteiger partial charge in [0.1, 0.15) is 17.0 Å². The van der Waals surface area contributed by atoms with Gasteiger partial charge in [0.2, 0.25) is 6.17 Å². The molecule has 1 aromatic carbocycles. The highest BCUT2D eigenvalue weighted by molar-refractivity contribution is 5.74. The van der Waals surface area contributed by atoms with Crippen molar-refractivity contribution >= 4 is 5.97 Å². The zero-order valence-electron chi connectivity index (χ0n) is 10.2. The number of rotatable bonds is 2. The Kier molecular flexibility index (Phi) is 2.81. The fourth-order valence-corrected chi connectivity index (χ4v) is 2.42. The molecule has 2 unspecified atom stereocenters. The smallest absolute Gasteiger partial charge is 0.341 e. The third-order valence-corrected chi connectivity index (χ3v) is 3.07. The molecule has 0 bridgehead atoms. The van der Waals surface area contributed by atoms with E-state index in [0.717, 1.165) is 0 Å². The summed E-state index contributed by atoms with van der Waals surface area (Å²) >= 11 is 0. The number of benzene rings is 1. The SMILES string of the molecule is CC1(C)CC(O)(C(F)C(=O)O)c2ccccc2O1. The van der Waals surface area contributed by atoms with Crippen LogP contribution in [-0.4, -0.2) is 28.0 Å². The Morgan fingerprint density at radius 2 is 2.06 bits per heavy atom. The molecule has 0 fully saturated rings. The van der Waals surface area contributed by atoms with Crippen LogP contribution in [0.3, 0.4) is 0 Å². The number of carboxylic acids is 1. The molecule has 0 saturated carbocycles. The Bertz CT molecular complexity index is 486. The van der Waals surface area contributed by atoms with Crippen LogP contribution in [0, 0.1) is 0 Å². The summed E-state index contributed by atoms with van der Waals surface area (Å²) in [5.41, 5.74) is -2.72. The van der Waals surface area contributed by atoms with E-state index in [4.69, 9.17) is 9.84 Å². The van der Waals surface area contributed by atoms with Crippen molar-refractivity contribution < 1.29 is 24.1 Å². The second-order valence-corrected chi connectivity index (χ2v) is 5.16. The van der Waals surface area contributed by atoms with Crippen molar-refractivity contribution in [3.63, 3.8) is 0 Å². The molecule has 2 atom stereocenters. The molecule has 0 spiro atoms. The summed E-state index contributed by atoms with van der Waals surface area (Å²) in [5, 5.41) is 19.3. The Morgan fingerprint density at radius 3 is 2.67 bits per heavy atom. The van der Waals surface area contributed by atoms with Gasteiger partial charge in [-0.2, -0.15) is 0 Å². The van der Waals surface area contributed by atoms with E-state index < -0.39 is 23.3 Å². The molecule has 1 aliphatic heterocycles. The van der Waals surface area contributed by atoms with Crippen LogP contribution in [0.25, 0.3) is 0 Å². The van der Waals surface area contributed by atoms with Crippen LogP contribution in [0.15, 0.2) is 24.3 Å². The second-order valence-electron chi connectivity index (χ2n) is 5.16. The molecule has 2 N–H and O–H groups in total. The summed E-state index contributed by atoms with van der Waals surface area (Å²) < 4.78 is 19.5. The van der Waals surface area contributed by atoms with Crippen LogP contribution in [0.5, 0.6) is 5.75 Å². The Morgan fingerprint density at radius 1 is 1.44 bits per heavy atom. The molecule has 1 aromatic rings. The largest absolute Gasteiger partial charge is 0.487 e. The second kappa shape index (κ2) is 3.95. The number of alkyl halides is 1. The molecule has 0 saturated heterocycles. The number of ether oxygens (including phenoxy) is 1. The Labute approximate surface area is 104 Å². The summed E-state index contributed by atoms with van der Waals surface area (Å²) in [7, 11) is 0. The maximum atomic E-state index is 13.9. The lowest BCUT2D eigenvalue weighted by atomic mass is 9.77. The van der Waals surface area contributed by atoms with E-state index in [2.05, 4.69) is 0 Å². The minimum atomic E-state index is -2.39. The van der Waals surface area contributed by atoms with Crippen molar-refractivity contribution in [1.29, 1.82) is 0 Å². The number of hydrogen-bond acceptors (Lipinski definition) is 3. The number of halogens is 1. The number of carboxylic acid groups (broad SMARTS) is 1. The summed E-state index contributed by atoms with van der Waals surface area (Å²) in [5.74, 6) is -1.36. The van der Waals surface area contributed by atoms with Crippen molar-refractivity contribution in [2.45, 2.75) is 37.6 Å². The van der Waals surface area contributed by atoms with E-state index in [-0.39, 0.29) is 12.0 Å². The zero-order valence-corrected chi connectivity index (χ0v) is 10.2. The molecular weight excluding hydrogens is 239 g/mol. The molecule has 4 nitrogen and oxygen atoms in total. The van der Waals surface area contributed by atoms with E-state index in [1.54, 1.807) is 32.0 Å². The molecule has 18 heavy (non-hydrogen) atoms. The van der Waals surface area contributed by atoms with Crippen molar-refractivity contribution in [1.82, 2.24) is 0 Å². The predicted octanol–water partition coefficient (Wildman–Crippen LogP) is 1.86. The summed E-state index contributed by atoms with van der Waals surface area (Å²) in [6, 6.07) is 6.38. The number of fused-ring (bicyclic) bond motifs is 1. The van der Waals surface area contributed by atoms with Gasteiger partial charge in [-0.05, 0) is 19.9 Å². The molecule has 0 amide bonds. The van der Waals surface area contributed by atoms with Gasteiger partial charge >= 0.3 is 5.97 Å². The van der Waals surface area contributed by atoms with Crippen molar-refractivity contribution in [2.75, 3.05) is 0 Å². The van der Waals surface area contributed by atoms with Crippen molar-refractivity contribution in [3.05, 3.63) is 29.8 Å². The maximum absolute atomic E-state index is 13.9. The van der Waals surface area contributed by atoms with Gasteiger partial charge in [0.05, 0.1) is 0 Å². The van der Waals surface area contributed by atoms with Crippen LogP contribution in [0.4, 0.5) is 4.39 Å². The molecular formula is C13H15FO4. The van der Waals surface area contributed by atoms with Gasteiger partial charge in [-0.15, -0.1) is 0 Å². The fraction of sp³-hybridized carbons (Fsp3) is 0.462. The quantitative estimate of drug-likeness (QED) is 0.845. The number of carbonyl (C=O) groups is 1. The molecule has 1 heterocycles. The first-order chi connectivity index (χ1) is 8.26. The summed E-state index contributed by atoms with van der Waals surface area (Å²) in [4.78, 5) is 10.8. The topological polar surface area (TPSA) is 66.8 Å². The lowest BCUT2D eigenvalue weighted by Gasteiger charge is -2.43. The third kappa shape index (κ3) is 1.95. The van der Waals surface area contributed by atoms with Crippen molar-refractivity contribution in [3.8, 4) is 5.75 Å². The van der Waals surface area contributed by atoms with Crippen molar-refractivity contribution in [2.24, 2.45) is 0 Å². The van der Waals surface area contributed by atoms with E-state index in [1.165, 1.54) is 6.07 Å². The van der Waals surface area contributed by atoms with Gasteiger partial charge in [-0.1, -0.05) is 18.2 Å². The van der Waals surface area contributed by atoms with Crippen LogP contribution >= 0.6 is 0 Å². The lowest BCUT2D eigenvalue weighted by molar-refractivity contribution is -0.163. The van der Waals surface area contributed by atoms with E-state index in [1.807, 2.05) is 0 Å². The van der Waals surface area contributed by atoms with E-state index in [9.17, 15) is 14.3 Å². The minimum Gasteiger partial charge on any atom is -0.487 e. The Balaban J connectivity index is 2.57. The van der Waals surface area contributed by atoms with Gasteiger partial charge in [0.15, 0.2) is 0 Å². The first kappa shape index (κ1) is 12.8. The van der Waals surface area contributed by atoms with E-state index in [0.29, 0.717) is 5.75 Å². The Hall–Kier alpha value is -1.62. The monoisotopic (exact) mass is 254 g/mol. The molecule has 1 aliphatic rings. The maximum Gasteiger partial charge on any atom is 0.341 e. The minimum absolute atomic E-state index is 0.121. The van der Waals surface area contributed by atoms with Gasteiger partial charge in [-0.25, -0.2) is 9.18 Å². The number of para-hydroxylation sites is 1. The van der Waals surface area contributed by atoms with E-state index >= 15 is 0 Å². The molecule has 0 aromatic heterocycles. The average Bonchev–Trinajstić information content (AvgIpc) is 2.26. The highest BCUT2D eigenvalue weighted by atomic mass is 19.1. The number of hydrogen-bond donors (Lipinski definition) is 2. The van der Waals surface area contributed by atoms with Crippen LogP contribution < -0.4 is 4.74 Å².